The van der Waals surface area contributed by atoms with E-state index in [4.69, 9.17) is 9.47 Å². The minimum absolute atomic E-state index is 0.290. The number of amidine groups is 1. The number of thioether (sulfide) groups is 1. The van der Waals surface area contributed by atoms with Gasteiger partial charge in [-0.2, -0.15) is 4.99 Å². The molecule has 2 heterocycles. The Morgan fingerprint density at radius 1 is 1.10 bits per heavy atom. The van der Waals surface area contributed by atoms with Crippen molar-refractivity contribution >= 4 is 23.0 Å². The Balaban J connectivity index is 0.00000132. The van der Waals surface area contributed by atoms with E-state index in [1.54, 1.807) is 12.0 Å². The van der Waals surface area contributed by atoms with Gasteiger partial charge in [-0.15, -0.1) is 0 Å². The monoisotopic (exact) mass is 439 g/mol. The predicted octanol–water partition coefficient (Wildman–Crippen LogP) is 5.28. The van der Waals surface area contributed by atoms with Crippen LogP contribution in [0.2, 0.25) is 0 Å². The summed E-state index contributed by atoms with van der Waals surface area (Å²) in [6, 6.07) is 13.6. The Bertz CT molecular complexity index is 973. The van der Waals surface area contributed by atoms with E-state index in [2.05, 4.69) is 17.6 Å². The van der Waals surface area contributed by atoms with Gasteiger partial charge in [0.15, 0.2) is 5.17 Å². The largest absolute Gasteiger partial charge is 0.497 e. The number of methoxy groups -OCH3 is 1. The Morgan fingerprint density at radius 2 is 1.77 bits per heavy atom. The number of hydrogen-bond donors (Lipinski definition) is 0. The van der Waals surface area contributed by atoms with Gasteiger partial charge in [-0.1, -0.05) is 56.5 Å². The predicted molar refractivity (Wildman–Crippen MR) is 127 cm³/mol. The van der Waals surface area contributed by atoms with E-state index in [1.807, 2.05) is 61.4 Å². The quantitative estimate of drug-likeness (QED) is 0.634. The molecule has 2 amide bonds. The first-order valence-corrected chi connectivity index (χ1v) is 11.6. The van der Waals surface area contributed by atoms with Gasteiger partial charge in [0, 0.05) is 6.42 Å². The molecule has 0 unspecified atom stereocenters. The fourth-order valence-corrected chi connectivity index (χ4v) is 4.04. The standard InChI is InChI=1S/C22H23N3O3S.C2H6/c1-15-24(14-17-6-9-20-18(12-17)10-11-28-20)21(26)23-22(29-3)25(15)13-16-4-7-19(27-2)8-5-16;1-2/h4-9,12H,1,10-11,13-14H2,2-3H3;1-2H3. The molecule has 0 atom stereocenters. The molecule has 0 saturated carbocycles. The molecule has 31 heavy (non-hydrogen) atoms. The summed E-state index contributed by atoms with van der Waals surface area (Å²) in [5.41, 5.74) is 3.30. The first kappa shape index (κ1) is 22.7. The fourth-order valence-electron chi connectivity index (χ4n) is 3.48. The lowest BCUT2D eigenvalue weighted by Gasteiger charge is -2.36. The molecule has 0 saturated heterocycles. The van der Waals surface area contributed by atoms with Gasteiger partial charge in [0.25, 0.3) is 0 Å². The van der Waals surface area contributed by atoms with Gasteiger partial charge in [0.1, 0.15) is 17.3 Å². The van der Waals surface area contributed by atoms with Crippen molar-refractivity contribution in [1.29, 1.82) is 0 Å². The molecule has 0 radical (unpaired) electrons. The number of aliphatic imine (C=N–C) groups is 1. The van der Waals surface area contributed by atoms with Crippen LogP contribution in [0.5, 0.6) is 11.5 Å². The van der Waals surface area contributed by atoms with Crippen molar-refractivity contribution in [3.63, 3.8) is 0 Å². The maximum atomic E-state index is 12.7. The first-order chi connectivity index (χ1) is 15.1. The number of benzene rings is 2. The third-order valence-electron chi connectivity index (χ3n) is 5.05. The van der Waals surface area contributed by atoms with Gasteiger partial charge >= 0.3 is 6.03 Å². The summed E-state index contributed by atoms with van der Waals surface area (Å²) in [6.45, 7) is 9.92. The molecule has 2 aromatic rings. The van der Waals surface area contributed by atoms with Gasteiger partial charge in [-0.05, 0) is 41.1 Å². The maximum Gasteiger partial charge on any atom is 0.351 e. The maximum absolute atomic E-state index is 12.7. The summed E-state index contributed by atoms with van der Waals surface area (Å²) in [4.78, 5) is 20.6. The molecule has 2 aliphatic heterocycles. The number of carbonyl (C=O) groups excluding carboxylic acids is 1. The Morgan fingerprint density at radius 3 is 2.45 bits per heavy atom. The van der Waals surface area contributed by atoms with Crippen LogP contribution in [0.15, 0.2) is 59.9 Å². The van der Waals surface area contributed by atoms with E-state index >= 15 is 0 Å². The number of amides is 2. The third-order valence-corrected chi connectivity index (χ3v) is 5.73. The molecule has 0 bridgehead atoms. The third kappa shape index (κ3) is 5.05. The van der Waals surface area contributed by atoms with Crippen molar-refractivity contribution in [2.24, 2.45) is 4.99 Å². The van der Waals surface area contributed by atoms with Crippen LogP contribution in [-0.4, -0.2) is 41.0 Å². The van der Waals surface area contributed by atoms with E-state index in [0.717, 1.165) is 29.0 Å². The summed E-state index contributed by atoms with van der Waals surface area (Å²) in [5.74, 6) is 2.37. The second-order valence-corrected chi connectivity index (χ2v) is 7.63. The van der Waals surface area contributed by atoms with Crippen molar-refractivity contribution < 1.29 is 14.3 Å². The van der Waals surface area contributed by atoms with Gasteiger partial charge < -0.3 is 14.4 Å². The zero-order valence-corrected chi connectivity index (χ0v) is 19.4. The number of urea groups is 1. The number of fused-ring (bicyclic) bond motifs is 1. The minimum atomic E-state index is -0.290. The highest BCUT2D eigenvalue weighted by Crippen LogP contribution is 2.29. The Kier molecular flexibility index (Phi) is 7.63. The lowest BCUT2D eigenvalue weighted by atomic mass is 10.1. The number of carbonyl (C=O) groups is 1. The molecule has 4 rings (SSSR count). The van der Waals surface area contributed by atoms with Crippen LogP contribution >= 0.6 is 11.8 Å². The van der Waals surface area contributed by atoms with Gasteiger partial charge in [0.05, 0.1) is 26.8 Å². The molecule has 7 heteroatoms. The molecular formula is C24H29N3O3S. The van der Waals surface area contributed by atoms with Crippen LogP contribution in [0, 0.1) is 0 Å². The van der Waals surface area contributed by atoms with E-state index < -0.39 is 0 Å². The zero-order valence-electron chi connectivity index (χ0n) is 18.6. The second-order valence-electron chi connectivity index (χ2n) is 6.86. The summed E-state index contributed by atoms with van der Waals surface area (Å²) in [5, 5.41) is 0.648. The van der Waals surface area contributed by atoms with Crippen LogP contribution in [0.25, 0.3) is 0 Å². The van der Waals surface area contributed by atoms with Crippen molar-refractivity contribution in [1.82, 2.24) is 9.80 Å². The molecule has 0 N–H and O–H groups in total. The molecule has 2 aromatic carbocycles. The normalized spacial score (nSPS) is 15.0. The highest BCUT2D eigenvalue weighted by molar-refractivity contribution is 8.13. The number of rotatable bonds is 5. The van der Waals surface area contributed by atoms with Gasteiger partial charge in [-0.25, -0.2) is 4.79 Å². The highest BCUT2D eigenvalue weighted by atomic mass is 32.2. The molecule has 0 aromatic heterocycles. The number of nitrogens with zero attached hydrogens (tertiary/aromatic N) is 3. The first-order valence-electron chi connectivity index (χ1n) is 10.4. The van der Waals surface area contributed by atoms with Crippen molar-refractivity contribution in [3.05, 3.63) is 71.6 Å². The summed E-state index contributed by atoms with van der Waals surface area (Å²) < 4.78 is 10.8. The Labute approximate surface area is 188 Å². The topological polar surface area (TPSA) is 54.4 Å². The van der Waals surface area contributed by atoms with E-state index in [-0.39, 0.29) is 6.03 Å². The molecular weight excluding hydrogens is 410 g/mol. The van der Waals surface area contributed by atoms with E-state index in [1.165, 1.54) is 17.3 Å². The molecule has 2 aliphatic rings. The van der Waals surface area contributed by atoms with Crippen molar-refractivity contribution in [3.8, 4) is 11.5 Å². The lowest BCUT2D eigenvalue weighted by molar-refractivity contribution is 0.200. The van der Waals surface area contributed by atoms with E-state index in [9.17, 15) is 4.79 Å². The van der Waals surface area contributed by atoms with Crippen LogP contribution in [0.1, 0.15) is 30.5 Å². The Hall–Kier alpha value is -2.93. The van der Waals surface area contributed by atoms with Crippen molar-refractivity contribution in [2.45, 2.75) is 33.4 Å². The van der Waals surface area contributed by atoms with Crippen LogP contribution in [-0.2, 0) is 19.5 Å². The number of hydrogen-bond acceptors (Lipinski definition) is 5. The van der Waals surface area contributed by atoms with Crippen LogP contribution in [0.3, 0.4) is 0 Å². The van der Waals surface area contributed by atoms with Crippen molar-refractivity contribution in [2.75, 3.05) is 20.0 Å². The summed E-state index contributed by atoms with van der Waals surface area (Å²) >= 11 is 1.44. The smallest absolute Gasteiger partial charge is 0.351 e. The molecule has 6 nitrogen and oxygen atoms in total. The summed E-state index contributed by atoms with van der Waals surface area (Å²) in [6.07, 6.45) is 2.81. The molecule has 0 aliphatic carbocycles. The molecule has 0 spiro atoms. The molecule has 164 valence electrons. The zero-order chi connectivity index (χ0) is 22.4. The minimum Gasteiger partial charge on any atom is -0.497 e. The average molecular weight is 440 g/mol. The summed E-state index contributed by atoms with van der Waals surface area (Å²) in [7, 11) is 1.65. The SMILES string of the molecule is C=C1N(Cc2ccc3c(c2)CCO3)C(=O)N=C(SC)N1Cc1ccc(OC)cc1.CC. The second kappa shape index (κ2) is 10.4. The van der Waals surface area contributed by atoms with E-state index in [0.29, 0.717) is 30.7 Å². The van der Waals surface area contributed by atoms with Crippen LogP contribution in [0.4, 0.5) is 4.79 Å². The molecule has 0 fully saturated rings. The van der Waals surface area contributed by atoms with Crippen LogP contribution < -0.4 is 9.47 Å². The van der Waals surface area contributed by atoms with Gasteiger partial charge in [-0.3, -0.25) is 4.90 Å². The average Bonchev–Trinajstić information content (AvgIpc) is 3.28. The van der Waals surface area contributed by atoms with Gasteiger partial charge in [0.2, 0.25) is 0 Å². The lowest BCUT2D eigenvalue weighted by Crippen LogP contribution is -2.44. The fraction of sp³-hybridized carbons (Fsp3) is 0.333. The highest BCUT2D eigenvalue weighted by Gasteiger charge is 2.30. The number of ether oxygens (including phenoxy) is 2.